The van der Waals surface area contributed by atoms with Crippen LogP contribution in [0.4, 0.5) is 0 Å². The Kier molecular flexibility index (Phi) is 6.70. The summed E-state index contributed by atoms with van der Waals surface area (Å²) in [6, 6.07) is 44.4. The molecule has 2 atom stereocenters. The highest BCUT2D eigenvalue weighted by Crippen LogP contribution is 2.46. The Balaban J connectivity index is 1.13. The number of benzene rings is 6. The van der Waals surface area contributed by atoms with E-state index >= 15 is 0 Å². The molecule has 3 nitrogen and oxygen atoms in total. The van der Waals surface area contributed by atoms with Crippen LogP contribution in [-0.4, -0.2) is 4.57 Å². The Morgan fingerprint density at radius 3 is 2.06 bits per heavy atom. The summed E-state index contributed by atoms with van der Waals surface area (Å²) in [6.45, 7) is 8.99. The van der Waals surface area contributed by atoms with Crippen LogP contribution in [0.1, 0.15) is 65.8 Å². The van der Waals surface area contributed by atoms with E-state index in [1.807, 2.05) is 0 Å². The lowest BCUT2D eigenvalue weighted by molar-refractivity contribution is 0.559. The lowest BCUT2D eigenvalue weighted by atomic mass is 9.81. The van der Waals surface area contributed by atoms with E-state index in [1.165, 1.54) is 71.7 Å². The summed E-state index contributed by atoms with van der Waals surface area (Å²) in [7, 11) is 0. The maximum atomic E-state index is 6.87. The van der Waals surface area contributed by atoms with E-state index in [4.69, 9.17) is 8.83 Å². The first-order valence-corrected chi connectivity index (χ1v) is 18.2. The third-order valence-electron chi connectivity index (χ3n) is 11.6. The fourth-order valence-electron chi connectivity index (χ4n) is 9.12. The van der Waals surface area contributed by atoms with Crippen molar-refractivity contribution in [3.05, 3.63) is 160 Å². The molecule has 0 spiro atoms. The predicted octanol–water partition coefficient (Wildman–Crippen LogP) is 13.5. The standard InChI is InChI=1S/C48H39NO2/c1-5-31(33-16-8-9-17-34(33)32-15-7-6-14-28(32)2)38-26-40-46(24-29(38)3)50-44-23-22-37-39-27-43(30(4)25-45(39)51-48(37)47(40)44)49-41-20-12-10-18-35(41)36-19-11-13-21-42(36)49/h6-26,31,43H,5,27H2,1-4H3. The maximum Gasteiger partial charge on any atom is 0.146 e. The van der Waals surface area contributed by atoms with Crippen LogP contribution >= 0.6 is 0 Å². The van der Waals surface area contributed by atoms with Gasteiger partial charge in [-0.15, -0.1) is 0 Å². The van der Waals surface area contributed by atoms with Gasteiger partial charge in [-0.3, -0.25) is 0 Å². The molecular formula is C48H39NO2. The average molecular weight is 662 g/mol. The largest absolute Gasteiger partial charge is 0.456 e. The molecule has 0 radical (unpaired) electrons. The van der Waals surface area contributed by atoms with Crippen molar-refractivity contribution in [2.24, 2.45) is 0 Å². The molecule has 3 heteroatoms. The van der Waals surface area contributed by atoms with Gasteiger partial charge >= 0.3 is 0 Å². The highest BCUT2D eigenvalue weighted by atomic mass is 16.3. The molecule has 9 aromatic rings. The Hall–Kier alpha value is -5.80. The molecule has 2 unspecified atom stereocenters. The summed E-state index contributed by atoms with van der Waals surface area (Å²) in [5.74, 6) is 1.20. The lowest BCUT2D eigenvalue weighted by Gasteiger charge is -2.25. The molecule has 0 saturated heterocycles. The number of hydrogen-bond acceptors (Lipinski definition) is 2. The molecule has 0 bridgehead atoms. The molecule has 1 aliphatic rings. The molecular weight excluding hydrogens is 623 g/mol. The minimum Gasteiger partial charge on any atom is -0.456 e. The van der Waals surface area contributed by atoms with E-state index < -0.39 is 0 Å². The summed E-state index contributed by atoms with van der Waals surface area (Å²) in [5, 5.41) is 5.96. The first-order chi connectivity index (χ1) is 25.0. The van der Waals surface area contributed by atoms with Crippen molar-refractivity contribution >= 4 is 60.8 Å². The van der Waals surface area contributed by atoms with Crippen LogP contribution in [0.15, 0.2) is 136 Å². The van der Waals surface area contributed by atoms with E-state index in [2.05, 4.69) is 160 Å². The maximum absolute atomic E-state index is 6.87. The van der Waals surface area contributed by atoms with Gasteiger partial charge in [-0.2, -0.15) is 0 Å². The summed E-state index contributed by atoms with van der Waals surface area (Å²) >= 11 is 0. The predicted molar refractivity (Wildman–Crippen MR) is 213 cm³/mol. The van der Waals surface area contributed by atoms with Gasteiger partial charge in [-0.05, 0) is 109 Å². The van der Waals surface area contributed by atoms with E-state index in [1.54, 1.807) is 0 Å². The molecule has 248 valence electrons. The SMILES string of the molecule is CCC(c1cc2c(cc1C)oc1ccc3c4c(oc3c12)C=C(C)C(n1c2ccccc2c2ccccc21)C4)c1ccccc1-c1ccccc1C. The average Bonchev–Trinajstić information content (AvgIpc) is 3.81. The topological polar surface area (TPSA) is 31.2 Å². The number of rotatable bonds is 5. The fourth-order valence-corrected chi connectivity index (χ4v) is 9.12. The highest BCUT2D eigenvalue weighted by molar-refractivity contribution is 6.18. The van der Waals surface area contributed by atoms with Crippen molar-refractivity contribution < 1.29 is 8.83 Å². The number of para-hydroxylation sites is 2. The van der Waals surface area contributed by atoms with Gasteiger partial charge in [0.25, 0.3) is 0 Å². The van der Waals surface area contributed by atoms with Crippen molar-refractivity contribution in [3.8, 4) is 11.1 Å². The number of nitrogens with zero attached hydrogens (tertiary/aromatic N) is 1. The van der Waals surface area contributed by atoms with Gasteiger partial charge in [0.15, 0.2) is 0 Å². The molecule has 51 heavy (non-hydrogen) atoms. The minimum atomic E-state index is 0.188. The van der Waals surface area contributed by atoms with Crippen molar-refractivity contribution in [1.82, 2.24) is 4.57 Å². The van der Waals surface area contributed by atoms with E-state index in [-0.39, 0.29) is 12.0 Å². The molecule has 0 aliphatic heterocycles. The monoisotopic (exact) mass is 661 g/mol. The van der Waals surface area contributed by atoms with Crippen LogP contribution < -0.4 is 0 Å². The molecule has 0 fully saturated rings. The van der Waals surface area contributed by atoms with Crippen molar-refractivity contribution in [2.45, 2.75) is 52.5 Å². The van der Waals surface area contributed by atoms with Crippen molar-refractivity contribution in [1.29, 1.82) is 0 Å². The van der Waals surface area contributed by atoms with Crippen LogP contribution in [-0.2, 0) is 6.42 Å². The van der Waals surface area contributed by atoms with Gasteiger partial charge in [0.2, 0.25) is 0 Å². The van der Waals surface area contributed by atoms with Gasteiger partial charge in [0.1, 0.15) is 22.5 Å². The number of hydrogen-bond donors (Lipinski definition) is 0. The number of aryl methyl sites for hydroxylation is 2. The number of aromatic nitrogens is 1. The van der Waals surface area contributed by atoms with Crippen LogP contribution in [0.25, 0.3) is 71.9 Å². The second-order valence-electron chi connectivity index (χ2n) is 14.4. The molecule has 0 N–H and O–H groups in total. The zero-order chi connectivity index (χ0) is 34.4. The normalized spacial score (nSPS) is 15.3. The molecule has 0 amide bonds. The molecule has 3 aromatic heterocycles. The Morgan fingerprint density at radius 2 is 1.31 bits per heavy atom. The molecule has 6 aromatic carbocycles. The first kappa shape index (κ1) is 30.1. The summed E-state index contributed by atoms with van der Waals surface area (Å²) in [6.07, 6.45) is 4.13. The fraction of sp³-hybridized carbons (Fsp3) is 0.167. The van der Waals surface area contributed by atoms with Gasteiger partial charge in [-0.1, -0.05) is 91.9 Å². The number of allylic oxidation sites excluding steroid dienone is 1. The van der Waals surface area contributed by atoms with Crippen LogP contribution in [0.2, 0.25) is 0 Å². The van der Waals surface area contributed by atoms with Gasteiger partial charge < -0.3 is 13.4 Å². The Bertz CT molecular complexity index is 2820. The minimum absolute atomic E-state index is 0.188. The summed E-state index contributed by atoms with van der Waals surface area (Å²) < 4.78 is 16.0. The smallest absolute Gasteiger partial charge is 0.146 e. The van der Waals surface area contributed by atoms with E-state index in [0.717, 1.165) is 46.1 Å². The number of fused-ring (bicyclic) bond motifs is 10. The van der Waals surface area contributed by atoms with Crippen LogP contribution in [0.3, 0.4) is 0 Å². The first-order valence-electron chi connectivity index (χ1n) is 18.2. The van der Waals surface area contributed by atoms with Crippen molar-refractivity contribution in [3.63, 3.8) is 0 Å². The third-order valence-corrected chi connectivity index (χ3v) is 11.6. The van der Waals surface area contributed by atoms with E-state index in [0.29, 0.717) is 0 Å². The quantitative estimate of drug-likeness (QED) is 0.184. The molecule has 1 aliphatic carbocycles. The zero-order valence-electron chi connectivity index (χ0n) is 29.5. The second kappa shape index (κ2) is 11.4. The third kappa shape index (κ3) is 4.44. The van der Waals surface area contributed by atoms with Gasteiger partial charge in [0, 0.05) is 50.5 Å². The molecule has 3 heterocycles. The zero-order valence-corrected chi connectivity index (χ0v) is 29.5. The Morgan fingerprint density at radius 1 is 0.627 bits per heavy atom. The van der Waals surface area contributed by atoms with Gasteiger partial charge in [-0.25, -0.2) is 0 Å². The van der Waals surface area contributed by atoms with Gasteiger partial charge in [0.05, 0.1) is 11.4 Å². The summed E-state index contributed by atoms with van der Waals surface area (Å²) in [5.41, 5.74) is 15.7. The Labute approximate surface area is 297 Å². The highest BCUT2D eigenvalue weighted by Gasteiger charge is 2.29. The van der Waals surface area contributed by atoms with Crippen LogP contribution in [0, 0.1) is 13.8 Å². The molecule has 0 saturated carbocycles. The lowest BCUT2D eigenvalue weighted by Crippen LogP contribution is -2.16. The van der Waals surface area contributed by atoms with Crippen molar-refractivity contribution in [2.75, 3.05) is 0 Å². The second-order valence-corrected chi connectivity index (χ2v) is 14.4. The van der Waals surface area contributed by atoms with Crippen LogP contribution in [0.5, 0.6) is 0 Å². The molecule has 10 rings (SSSR count). The summed E-state index contributed by atoms with van der Waals surface area (Å²) in [4.78, 5) is 0. The number of furan rings is 2. The van der Waals surface area contributed by atoms with E-state index in [9.17, 15) is 0 Å².